The standard InChI is InChI=1S/C21H15ClFN3O2S/c1-11-17(12-3-6-14(23)7-4-12)18-19(24-10-25-20(18)29-11)26-16-9-13(21(27)28-2)5-8-15(16)22/h3-10H,1-2H3,(H,24,25,26). The van der Waals surface area contributed by atoms with Crippen LogP contribution in [-0.4, -0.2) is 23.0 Å². The van der Waals surface area contributed by atoms with Crippen LogP contribution < -0.4 is 5.32 Å². The summed E-state index contributed by atoms with van der Waals surface area (Å²) in [5, 5.41) is 4.45. The van der Waals surface area contributed by atoms with Gasteiger partial charge in [0.05, 0.1) is 28.8 Å². The molecular formula is C21H15ClFN3O2S. The van der Waals surface area contributed by atoms with Crippen LogP contribution in [0.3, 0.4) is 0 Å². The van der Waals surface area contributed by atoms with Gasteiger partial charge < -0.3 is 10.1 Å². The molecule has 1 N–H and O–H groups in total. The fraction of sp³-hybridized carbons (Fsp3) is 0.0952. The van der Waals surface area contributed by atoms with E-state index in [4.69, 9.17) is 16.3 Å². The van der Waals surface area contributed by atoms with Crippen LogP contribution in [0.4, 0.5) is 15.9 Å². The maximum absolute atomic E-state index is 13.4. The van der Waals surface area contributed by atoms with E-state index in [0.717, 1.165) is 26.2 Å². The van der Waals surface area contributed by atoms with Crippen LogP contribution in [-0.2, 0) is 4.74 Å². The minimum Gasteiger partial charge on any atom is -0.465 e. The molecule has 2 aromatic heterocycles. The van der Waals surface area contributed by atoms with E-state index < -0.39 is 5.97 Å². The summed E-state index contributed by atoms with van der Waals surface area (Å²) >= 11 is 7.85. The maximum atomic E-state index is 13.4. The summed E-state index contributed by atoms with van der Waals surface area (Å²) in [4.78, 5) is 22.5. The molecule has 4 rings (SSSR count). The van der Waals surface area contributed by atoms with E-state index in [1.54, 1.807) is 30.3 Å². The number of carbonyl (C=O) groups excluding carboxylic acids is 1. The van der Waals surface area contributed by atoms with Gasteiger partial charge in [-0.1, -0.05) is 23.7 Å². The third-order valence-corrected chi connectivity index (χ3v) is 5.78. The van der Waals surface area contributed by atoms with Crippen molar-refractivity contribution in [2.75, 3.05) is 12.4 Å². The largest absolute Gasteiger partial charge is 0.465 e. The van der Waals surface area contributed by atoms with Crippen LogP contribution in [0, 0.1) is 12.7 Å². The van der Waals surface area contributed by atoms with E-state index in [1.807, 2.05) is 6.92 Å². The van der Waals surface area contributed by atoms with E-state index >= 15 is 0 Å². The zero-order valence-electron chi connectivity index (χ0n) is 15.5. The van der Waals surface area contributed by atoms with Gasteiger partial charge in [0.2, 0.25) is 0 Å². The number of ether oxygens (including phenoxy) is 1. The highest BCUT2D eigenvalue weighted by molar-refractivity contribution is 7.19. The average molecular weight is 428 g/mol. The third-order valence-electron chi connectivity index (χ3n) is 4.44. The van der Waals surface area contributed by atoms with Gasteiger partial charge in [-0.05, 0) is 42.8 Å². The molecule has 0 saturated heterocycles. The van der Waals surface area contributed by atoms with Gasteiger partial charge in [0, 0.05) is 10.4 Å². The molecule has 0 unspecified atom stereocenters. The van der Waals surface area contributed by atoms with Gasteiger partial charge >= 0.3 is 5.97 Å². The fourth-order valence-electron chi connectivity index (χ4n) is 3.10. The molecule has 0 saturated carbocycles. The molecule has 0 bridgehead atoms. The Kier molecular flexibility index (Phi) is 5.17. The number of nitrogens with one attached hydrogen (secondary N) is 1. The Balaban J connectivity index is 1.85. The summed E-state index contributed by atoms with van der Waals surface area (Å²) in [6.07, 6.45) is 1.47. The molecule has 0 amide bonds. The topological polar surface area (TPSA) is 64.1 Å². The van der Waals surface area contributed by atoms with Crippen molar-refractivity contribution < 1.29 is 13.9 Å². The van der Waals surface area contributed by atoms with E-state index in [1.165, 1.54) is 36.9 Å². The van der Waals surface area contributed by atoms with Crippen LogP contribution in [0.1, 0.15) is 15.2 Å². The van der Waals surface area contributed by atoms with Crippen molar-refractivity contribution in [1.29, 1.82) is 0 Å². The Morgan fingerprint density at radius 3 is 2.66 bits per heavy atom. The first kappa shape index (κ1) is 19.3. The van der Waals surface area contributed by atoms with Gasteiger partial charge in [0.25, 0.3) is 0 Å². The van der Waals surface area contributed by atoms with Gasteiger partial charge in [0.15, 0.2) is 0 Å². The number of hydrogen-bond acceptors (Lipinski definition) is 6. The first-order valence-electron chi connectivity index (χ1n) is 8.63. The number of benzene rings is 2. The number of methoxy groups -OCH3 is 1. The van der Waals surface area contributed by atoms with E-state index in [-0.39, 0.29) is 5.82 Å². The highest BCUT2D eigenvalue weighted by Crippen LogP contribution is 2.41. The molecule has 4 aromatic rings. The smallest absolute Gasteiger partial charge is 0.337 e. The Morgan fingerprint density at radius 1 is 1.17 bits per heavy atom. The Hall–Kier alpha value is -3.03. The number of esters is 1. The summed E-state index contributed by atoms with van der Waals surface area (Å²) in [7, 11) is 1.32. The van der Waals surface area contributed by atoms with E-state index in [9.17, 15) is 9.18 Å². The number of rotatable bonds is 4. The molecule has 146 valence electrons. The molecule has 2 heterocycles. The molecule has 0 aliphatic carbocycles. The summed E-state index contributed by atoms with van der Waals surface area (Å²) in [5.41, 5.74) is 2.67. The van der Waals surface area contributed by atoms with Gasteiger partial charge in [-0.2, -0.15) is 0 Å². The zero-order chi connectivity index (χ0) is 20.5. The highest BCUT2D eigenvalue weighted by atomic mass is 35.5. The third kappa shape index (κ3) is 3.66. The van der Waals surface area contributed by atoms with Crippen molar-refractivity contribution in [2.45, 2.75) is 6.92 Å². The summed E-state index contributed by atoms with van der Waals surface area (Å²) in [6, 6.07) is 11.1. The number of nitrogens with zero attached hydrogens (tertiary/aromatic N) is 2. The molecule has 5 nitrogen and oxygen atoms in total. The fourth-order valence-corrected chi connectivity index (χ4v) is 4.27. The average Bonchev–Trinajstić information content (AvgIpc) is 3.06. The Bertz CT molecular complexity index is 1220. The molecule has 8 heteroatoms. The zero-order valence-corrected chi connectivity index (χ0v) is 17.1. The molecule has 0 fully saturated rings. The second-order valence-electron chi connectivity index (χ2n) is 6.25. The maximum Gasteiger partial charge on any atom is 0.337 e. The number of aryl methyl sites for hydroxylation is 1. The van der Waals surface area contributed by atoms with Crippen LogP contribution in [0.25, 0.3) is 21.3 Å². The van der Waals surface area contributed by atoms with Gasteiger partial charge in [-0.3, -0.25) is 0 Å². The Labute approximate surface area is 175 Å². The molecule has 0 aliphatic rings. The summed E-state index contributed by atoms with van der Waals surface area (Å²) < 4.78 is 18.2. The quantitative estimate of drug-likeness (QED) is 0.405. The van der Waals surface area contributed by atoms with Gasteiger partial charge in [0.1, 0.15) is 22.8 Å². The van der Waals surface area contributed by atoms with Gasteiger partial charge in [-0.15, -0.1) is 11.3 Å². The number of carbonyl (C=O) groups is 1. The normalized spacial score (nSPS) is 10.9. The minimum atomic E-state index is -0.462. The second-order valence-corrected chi connectivity index (χ2v) is 7.86. The summed E-state index contributed by atoms with van der Waals surface area (Å²) in [6.45, 7) is 1.99. The number of anilines is 2. The minimum absolute atomic E-state index is 0.299. The van der Waals surface area contributed by atoms with Crippen LogP contribution >= 0.6 is 22.9 Å². The van der Waals surface area contributed by atoms with Crippen LogP contribution in [0.5, 0.6) is 0 Å². The van der Waals surface area contributed by atoms with E-state index in [2.05, 4.69) is 15.3 Å². The second kappa shape index (κ2) is 7.77. The molecular weight excluding hydrogens is 413 g/mol. The lowest BCUT2D eigenvalue weighted by Crippen LogP contribution is -2.03. The number of halogens is 2. The lowest BCUT2D eigenvalue weighted by molar-refractivity contribution is 0.0601. The number of hydrogen-bond donors (Lipinski definition) is 1. The molecule has 2 aromatic carbocycles. The first-order valence-corrected chi connectivity index (χ1v) is 9.82. The van der Waals surface area contributed by atoms with Crippen molar-refractivity contribution in [3.63, 3.8) is 0 Å². The first-order chi connectivity index (χ1) is 14.0. The number of thiophene rings is 1. The molecule has 29 heavy (non-hydrogen) atoms. The van der Waals surface area contributed by atoms with Crippen molar-refractivity contribution in [2.24, 2.45) is 0 Å². The molecule has 0 atom stereocenters. The predicted octanol–water partition coefficient (Wildman–Crippen LogP) is 5.99. The highest BCUT2D eigenvalue weighted by Gasteiger charge is 2.18. The molecule has 0 aliphatic heterocycles. The lowest BCUT2D eigenvalue weighted by atomic mass is 10.0. The van der Waals surface area contributed by atoms with Crippen LogP contribution in [0.15, 0.2) is 48.8 Å². The lowest BCUT2D eigenvalue weighted by Gasteiger charge is -2.11. The van der Waals surface area contributed by atoms with Crippen molar-refractivity contribution in [3.8, 4) is 11.1 Å². The van der Waals surface area contributed by atoms with Crippen LogP contribution in [0.2, 0.25) is 5.02 Å². The molecule has 0 spiro atoms. The number of aromatic nitrogens is 2. The number of fused-ring (bicyclic) bond motifs is 1. The SMILES string of the molecule is COC(=O)c1ccc(Cl)c(Nc2ncnc3sc(C)c(-c4ccc(F)cc4)c23)c1. The van der Waals surface area contributed by atoms with Crippen molar-refractivity contribution >= 4 is 50.6 Å². The van der Waals surface area contributed by atoms with Gasteiger partial charge in [-0.25, -0.2) is 19.2 Å². The summed E-state index contributed by atoms with van der Waals surface area (Å²) in [5.74, 6) is -0.217. The van der Waals surface area contributed by atoms with Crippen molar-refractivity contribution in [1.82, 2.24) is 9.97 Å². The molecule has 0 radical (unpaired) electrons. The monoisotopic (exact) mass is 427 g/mol. The van der Waals surface area contributed by atoms with Crippen molar-refractivity contribution in [3.05, 3.63) is 70.1 Å². The van der Waals surface area contributed by atoms with E-state index in [0.29, 0.717) is 22.1 Å². The Morgan fingerprint density at radius 2 is 1.93 bits per heavy atom. The predicted molar refractivity (Wildman–Crippen MR) is 114 cm³/mol.